The van der Waals surface area contributed by atoms with E-state index in [0.29, 0.717) is 5.56 Å². The van der Waals surface area contributed by atoms with Gasteiger partial charge in [-0.05, 0) is 36.8 Å². The molecule has 1 aromatic carbocycles. The Balaban J connectivity index is 2.36. The average molecular weight is 281 g/mol. The third-order valence-corrected chi connectivity index (χ3v) is 3.86. The summed E-state index contributed by atoms with van der Waals surface area (Å²) < 4.78 is 39.6. The van der Waals surface area contributed by atoms with Crippen molar-refractivity contribution in [3.8, 4) is 0 Å². The zero-order chi connectivity index (χ0) is 14.0. The van der Waals surface area contributed by atoms with Crippen LogP contribution in [0.3, 0.4) is 0 Å². The number of rotatable bonds is 3. The third kappa shape index (κ3) is 3.00. The molecular weight excluding hydrogens is 269 g/mol. The maximum atomic E-state index is 13.1. The molecule has 0 unspecified atom stereocenters. The lowest BCUT2D eigenvalue weighted by Crippen LogP contribution is -2.14. The van der Waals surface area contributed by atoms with Crippen LogP contribution in [0.15, 0.2) is 41.4 Å². The molecule has 0 aliphatic carbocycles. The monoisotopic (exact) mass is 281 g/mol. The van der Waals surface area contributed by atoms with E-state index in [0.717, 1.165) is 12.3 Å². The molecule has 5 nitrogen and oxygen atoms in total. The van der Waals surface area contributed by atoms with Crippen molar-refractivity contribution in [1.29, 1.82) is 0 Å². The number of anilines is 2. The summed E-state index contributed by atoms with van der Waals surface area (Å²) in [7, 11) is -3.80. The fourth-order valence-corrected chi connectivity index (χ4v) is 2.52. The Morgan fingerprint density at radius 3 is 2.63 bits per heavy atom. The normalized spacial score (nSPS) is 11.3. The lowest BCUT2D eigenvalue weighted by molar-refractivity contribution is 0.600. The summed E-state index contributed by atoms with van der Waals surface area (Å²) in [6.45, 7) is 1.68. The average Bonchev–Trinajstić information content (AvgIpc) is 2.34. The van der Waals surface area contributed by atoms with Crippen LogP contribution >= 0.6 is 0 Å². The molecule has 19 heavy (non-hydrogen) atoms. The number of aromatic nitrogens is 1. The van der Waals surface area contributed by atoms with Gasteiger partial charge in [-0.3, -0.25) is 4.72 Å². The Labute approximate surface area is 110 Å². The van der Waals surface area contributed by atoms with E-state index in [2.05, 4.69) is 9.71 Å². The number of nitrogens with zero attached hydrogens (tertiary/aromatic N) is 1. The minimum Gasteiger partial charge on any atom is -0.384 e. The van der Waals surface area contributed by atoms with Gasteiger partial charge in [0.25, 0.3) is 10.0 Å². The fraction of sp³-hybridized carbons (Fsp3) is 0.0833. The number of sulfonamides is 1. The van der Waals surface area contributed by atoms with E-state index in [9.17, 15) is 12.8 Å². The van der Waals surface area contributed by atoms with Crippen LogP contribution in [0.5, 0.6) is 0 Å². The van der Waals surface area contributed by atoms with E-state index in [1.807, 2.05) is 0 Å². The lowest BCUT2D eigenvalue weighted by Gasteiger charge is -2.10. The van der Waals surface area contributed by atoms with Crippen molar-refractivity contribution in [2.24, 2.45) is 0 Å². The first kappa shape index (κ1) is 13.3. The van der Waals surface area contributed by atoms with Crippen LogP contribution < -0.4 is 10.5 Å². The van der Waals surface area contributed by atoms with Gasteiger partial charge >= 0.3 is 0 Å². The molecule has 0 spiro atoms. The van der Waals surface area contributed by atoms with E-state index in [-0.39, 0.29) is 16.4 Å². The number of nitrogens with one attached hydrogen (secondary N) is 1. The predicted molar refractivity (Wildman–Crippen MR) is 70.6 cm³/mol. The van der Waals surface area contributed by atoms with Crippen LogP contribution in [-0.2, 0) is 10.0 Å². The van der Waals surface area contributed by atoms with Crippen LogP contribution in [0, 0.1) is 12.7 Å². The molecule has 0 atom stereocenters. The molecule has 0 saturated heterocycles. The second-order valence-electron chi connectivity index (χ2n) is 3.98. The second-order valence-corrected chi connectivity index (χ2v) is 5.67. The Morgan fingerprint density at radius 1 is 1.26 bits per heavy atom. The maximum absolute atomic E-state index is 13.1. The van der Waals surface area contributed by atoms with Gasteiger partial charge in [0.1, 0.15) is 16.5 Å². The van der Waals surface area contributed by atoms with E-state index >= 15 is 0 Å². The summed E-state index contributed by atoms with van der Waals surface area (Å²) in [6, 6.07) is 6.59. The van der Waals surface area contributed by atoms with E-state index in [1.165, 1.54) is 24.3 Å². The lowest BCUT2D eigenvalue weighted by atomic mass is 10.2. The summed E-state index contributed by atoms with van der Waals surface area (Å²) in [6.07, 6.45) is 1.15. The molecule has 7 heteroatoms. The largest absolute Gasteiger partial charge is 0.384 e. The third-order valence-electron chi connectivity index (χ3n) is 2.51. The zero-order valence-electron chi connectivity index (χ0n) is 10.1. The highest BCUT2D eigenvalue weighted by atomic mass is 32.2. The first-order valence-corrected chi connectivity index (χ1v) is 6.87. The van der Waals surface area contributed by atoms with Gasteiger partial charge in [0.15, 0.2) is 0 Å². The minimum atomic E-state index is -3.80. The molecule has 1 heterocycles. The molecule has 3 N–H and O–H groups in total. The molecular formula is C12H12FN3O2S. The van der Waals surface area contributed by atoms with Crippen molar-refractivity contribution in [3.63, 3.8) is 0 Å². The van der Waals surface area contributed by atoms with Crippen LogP contribution in [0.25, 0.3) is 0 Å². The highest BCUT2D eigenvalue weighted by molar-refractivity contribution is 7.92. The minimum absolute atomic E-state index is 0.0367. The van der Waals surface area contributed by atoms with E-state index < -0.39 is 15.8 Å². The van der Waals surface area contributed by atoms with Crippen LogP contribution in [-0.4, -0.2) is 13.4 Å². The molecule has 0 aliphatic rings. The van der Waals surface area contributed by atoms with Crippen molar-refractivity contribution in [1.82, 2.24) is 4.98 Å². The fourth-order valence-electron chi connectivity index (χ4n) is 1.46. The van der Waals surface area contributed by atoms with E-state index in [1.54, 1.807) is 6.92 Å². The summed E-state index contributed by atoms with van der Waals surface area (Å²) in [5, 5.41) is 0. The summed E-state index contributed by atoms with van der Waals surface area (Å²) in [4.78, 5) is 3.67. The number of hydrogen-bond acceptors (Lipinski definition) is 4. The van der Waals surface area contributed by atoms with E-state index in [4.69, 9.17) is 5.73 Å². The first-order valence-electron chi connectivity index (χ1n) is 5.39. The molecule has 0 aliphatic heterocycles. The predicted octanol–water partition coefficient (Wildman–Crippen LogP) is 1.91. The number of pyridine rings is 1. The smallest absolute Gasteiger partial charge is 0.263 e. The van der Waals surface area contributed by atoms with Gasteiger partial charge in [-0.1, -0.05) is 6.07 Å². The summed E-state index contributed by atoms with van der Waals surface area (Å²) in [5.74, 6) is -0.292. The van der Waals surface area contributed by atoms with Gasteiger partial charge in [-0.25, -0.2) is 17.8 Å². The molecule has 0 bridgehead atoms. The van der Waals surface area contributed by atoms with Crippen LogP contribution in [0.1, 0.15) is 5.56 Å². The maximum Gasteiger partial charge on any atom is 0.263 e. The molecule has 2 rings (SSSR count). The Hall–Kier alpha value is -2.15. The Morgan fingerprint density at radius 2 is 2.00 bits per heavy atom. The number of nitrogen functional groups attached to an aromatic ring is 1. The number of hydrogen-bond donors (Lipinski definition) is 2. The number of halogens is 1. The molecule has 0 fully saturated rings. The Kier molecular flexibility index (Phi) is 3.39. The quantitative estimate of drug-likeness (QED) is 0.900. The van der Waals surface area contributed by atoms with Gasteiger partial charge in [0.05, 0.1) is 5.69 Å². The Bertz CT molecular complexity index is 699. The molecule has 1 aromatic heterocycles. The molecule has 0 radical (unpaired) electrons. The van der Waals surface area contributed by atoms with Crippen LogP contribution in [0.2, 0.25) is 0 Å². The van der Waals surface area contributed by atoms with Crippen molar-refractivity contribution >= 4 is 21.5 Å². The van der Waals surface area contributed by atoms with Crippen molar-refractivity contribution < 1.29 is 12.8 Å². The topological polar surface area (TPSA) is 85.1 Å². The van der Waals surface area contributed by atoms with Gasteiger partial charge in [-0.2, -0.15) is 0 Å². The number of benzene rings is 1. The van der Waals surface area contributed by atoms with Crippen molar-refractivity contribution in [2.75, 3.05) is 10.5 Å². The number of nitrogens with two attached hydrogens (primary N) is 1. The van der Waals surface area contributed by atoms with Gasteiger partial charge in [0, 0.05) is 6.20 Å². The first-order chi connectivity index (χ1) is 8.88. The number of aryl methyl sites for hydroxylation is 1. The van der Waals surface area contributed by atoms with Crippen molar-refractivity contribution in [2.45, 2.75) is 11.8 Å². The summed E-state index contributed by atoms with van der Waals surface area (Å²) >= 11 is 0. The SMILES string of the molecule is Cc1ccc(F)cc1NS(=O)(=O)c1ccc(N)nc1. The van der Waals surface area contributed by atoms with Crippen molar-refractivity contribution in [3.05, 3.63) is 47.9 Å². The van der Waals surface area contributed by atoms with Gasteiger partial charge in [0.2, 0.25) is 0 Å². The highest BCUT2D eigenvalue weighted by Crippen LogP contribution is 2.20. The molecule has 100 valence electrons. The molecule has 0 saturated carbocycles. The van der Waals surface area contributed by atoms with Gasteiger partial charge < -0.3 is 5.73 Å². The highest BCUT2D eigenvalue weighted by Gasteiger charge is 2.15. The second kappa shape index (κ2) is 4.85. The zero-order valence-corrected chi connectivity index (χ0v) is 10.9. The van der Waals surface area contributed by atoms with Gasteiger partial charge in [-0.15, -0.1) is 0 Å². The molecule has 2 aromatic rings. The standard InChI is InChI=1S/C12H12FN3O2S/c1-8-2-3-9(13)6-11(8)16-19(17,18)10-4-5-12(14)15-7-10/h2-7,16H,1H3,(H2,14,15). The summed E-state index contributed by atoms with van der Waals surface area (Å²) in [5.41, 5.74) is 6.20. The van der Waals surface area contributed by atoms with Crippen LogP contribution in [0.4, 0.5) is 15.9 Å². The molecule has 0 amide bonds.